The van der Waals surface area contributed by atoms with Crippen LogP contribution in [-0.4, -0.2) is 50.4 Å². The third-order valence-electron chi connectivity index (χ3n) is 7.75. The molecule has 4 rings (SSSR count). The van der Waals surface area contributed by atoms with Crippen molar-refractivity contribution in [2.45, 2.75) is 75.9 Å². The number of nitrogens with zero attached hydrogens (tertiary/aromatic N) is 2. The Kier molecular flexibility index (Phi) is 11.6. The highest BCUT2D eigenvalue weighted by Crippen LogP contribution is 2.27. The lowest BCUT2D eigenvalue weighted by Crippen LogP contribution is -2.54. The summed E-state index contributed by atoms with van der Waals surface area (Å²) in [5.74, 6) is -0.947. The van der Waals surface area contributed by atoms with E-state index in [1.165, 1.54) is 41.3 Å². The van der Waals surface area contributed by atoms with Crippen molar-refractivity contribution in [2.75, 3.05) is 17.5 Å². The van der Waals surface area contributed by atoms with E-state index in [2.05, 4.69) is 5.32 Å². The van der Waals surface area contributed by atoms with Crippen molar-refractivity contribution in [2.24, 2.45) is 0 Å². The first-order valence-electron chi connectivity index (χ1n) is 15.0. The highest BCUT2D eigenvalue weighted by atomic mass is 35.5. The van der Waals surface area contributed by atoms with E-state index in [-0.39, 0.29) is 29.1 Å². The van der Waals surface area contributed by atoms with Gasteiger partial charge >= 0.3 is 0 Å². The standard InChI is InChI=1S/C33H39ClFN3O5S/c1-3-31(33(40)36-26-11-6-5-7-12-26)37(22-24-10-8-9-13-30(24)34)32(39)23-38(27-16-14-25(35)15-17-27)44(41,42)29-20-18-28(19-21-29)43-4-2/h8-10,13-21,26,31H,3-7,11-12,22-23H2,1-2H3,(H,36,40)/t31-/m0/s1. The number of amides is 2. The normalized spacial score (nSPS) is 14.5. The molecule has 0 unspecified atom stereocenters. The molecular formula is C33H39ClFN3O5S. The van der Waals surface area contributed by atoms with Gasteiger partial charge in [-0.3, -0.25) is 13.9 Å². The van der Waals surface area contributed by atoms with Gasteiger partial charge in [0.05, 0.1) is 17.2 Å². The molecule has 236 valence electrons. The molecule has 0 radical (unpaired) electrons. The second-order valence-corrected chi connectivity index (χ2v) is 13.0. The van der Waals surface area contributed by atoms with E-state index < -0.39 is 34.3 Å². The van der Waals surface area contributed by atoms with Crippen LogP contribution in [0.15, 0.2) is 77.7 Å². The zero-order chi connectivity index (χ0) is 31.7. The summed E-state index contributed by atoms with van der Waals surface area (Å²) in [6.07, 6.45) is 5.23. The van der Waals surface area contributed by atoms with Gasteiger partial charge in [0.2, 0.25) is 11.8 Å². The molecule has 3 aromatic rings. The molecule has 0 aliphatic heterocycles. The van der Waals surface area contributed by atoms with Crippen LogP contribution in [0.3, 0.4) is 0 Å². The Morgan fingerprint density at radius 2 is 1.64 bits per heavy atom. The number of ether oxygens (including phenoxy) is 1. The SMILES string of the molecule is CCOc1ccc(S(=O)(=O)N(CC(=O)N(Cc2ccccc2Cl)[C@@H](CC)C(=O)NC2CCCCC2)c2ccc(F)cc2)cc1. The number of carbonyl (C=O) groups is 2. The summed E-state index contributed by atoms with van der Waals surface area (Å²) >= 11 is 6.47. The van der Waals surface area contributed by atoms with E-state index in [4.69, 9.17) is 16.3 Å². The molecular weight excluding hydrogens is 605 g/mol. The average Bonchev–Trinajstić information content (AvgIpc) is 3.02. The molecule has 11 heteroatoms. The van der Waals surface area contributed by atoms with Crippen LogP contribution in [0.25, 0.3) is 0 Å². The summed E-state index contributed by atoms with van der Waals surface area (Å²) in [4.78, 5) is 29.2. The van der Waals surface area contributed by atoms with Crippen molar-refractivity contribution in [3.8, 4) is 5.75 Å². The third-order valence-corrected chi connectivity index (χ3v) is 9.91. The molecule has 8 nitrogen and oxygen atoms in total. The van der Waals surface area contributed by atoms with Crippen LogP contribution in [0.5, 0.6) is 5.75 Å². The first-order valence-corrected chi connectivity index (χ1v) is 16.8. The topological polar surface area (TPSA) is 96.0 Å². The van der Waals surface area contributed by atoms with Crippen LogP contribution in [0, 0.1) is 5.82 Å². The number of sulfonamides is 1. The number of anilines is 1. The molecule has 0 bridgehead atoms. The quantitative estimate of drug-likeness (QED) is 0.235. The molecule has 1 N–H and O–H groups in total. The van der Waals surface area contributed by atoms with Gasteiger partial charge in [0.1, 0.15) is 24.2 Å². The third kappa shape index (κ3) is 8.30. The molecule has 2 amide bonds. The van der Waals surface area contributed by atoms with Crippen LogP contribution in [-0.2, 0) is 26.2 Å². The van der Waals surface area contributed by atoms with Gasteiger partial charge in [0.15, 0.2) is 0 Å². The largest absolute Gasteiger partial charge is 0.494 e. The summed E-state index contributed by atoms with van der Waals surface area (Å²) in [6.45, 7) is 3.41. The van der Waals surface area contributed by atoms with E-state index >= 15 is 0 Å². The van der Waals surface area contributed by atoms with Crippen molar-refractivity contribution in [1.82, 2.24) is 10.2 Å². The van der Waals surface area contributed by atoms with Gasteiger partial charge in [-0.05, 0) is 86.3 Å². The number of benzene rings is 3. The number of nitrogens with one attached hydrogen (secondary N) is 1. The molecule has 1 aliphatic rings. The zero-order valence-corrected chi connectivity index (χ0v) is 26.6. The van der Waals surface area contributed by atoms with Crippen LogP contribution in [0.1, 0.15) is 57.9 Å². The molecule has 44 heavy (non-hydrogen) atoms. The van der Waals surface area contributed by atoms with E-state index in [9.17, 15) is 22.4 Å². The molecule has 1 aliphatic carbocycles. The number of halogens is 2. The van der Waals surface area contributed by atoms with E-state index in [1.807, 2.05) is 13.8 Å². The maximum atomic E-state index is 14.2. The molecule has 1 fully saturated rings. The minimum absolute atomic E-state index is 0.00450. The van der Waals surface area contributed by atoms with Crippen molar-refractivity contribution in [1.29, 1.82) is 0 Å². The Morgan fingerprint density at radius 1 is 0.977 bits per heavy atom. The van der Waals surface area contributed by atoms with Gasteiger partial charge in [-0.15, -0.1) is 0 Å². The fourth-order valence-corrected chi connectivity index (χ4v) is 7.02. The number of rotatable bonds is 13. The van der Waals surface area contributed by atoms with Crippen LogP contribution >= 0.6 is 11.6 Å². The Balaban J connectivity index is 1.70. The fraction of sp³-hybridized carbons (Fsp3) is 0.394. The van der Waals surface area contributed by atoms with Crippen molar-refractivity contribution < 1.29 is 27.1 Å². The zero-order valence-electron chi connectivity index (χ0n) is 25.0. The van der Waals surface area contributed by atoms with Crippen LogP contribution in [0.2, 0.25) is 5.02 Å². The average molecular weight is 644 g/mol. The van der Waals surface area contributed by atoms with Crippen molar-refractivity contribution in [3.05, 3.63) is 89.2 Å². The first kappa shape index (κ1) is 33.3. The minimum atomic E-state index is -4.30. The summed E-state index contributed by atoms with van der Waals surface area (Å²) in [7, 11) is -4.30. The highest BCUT2D eigenvalue weighted by Gasteiger charge is 2.34. The van der Waals surface area contributed by atoms with E-state index in [1.54, 1.807) is 24.3 Å². The predicted octanol–water partition coefficient (Wildman–Crippen LogP) is 6.33. The fourth-order valence-electron chi connectivity index (χ4n) is 5.41. The van der Waals surface area contributed by atoms with Crippen LogP contribution in [0.4, 0.5) is 10.1 Å². The minimum Gasteiger partial charge on any atom is -0.494 e. The Bertz CT molecular complexity index is 1510. The smallest absolute Gasteiger partial charge is 0.264 e. The Morgan fingerprint density at radius 3 is 2.25 bits per heavy atom. The molecule has 1 saturated carbocycles. The van der Waals surface area contributed by atoms with Gasteiger partial charge < -0.3 is 15.0 Å². The summed E-state index contributed by atoms with van der Waals surface area (Å²) in [5, 5.41) is 3.54. The number of carbonyl (C=O) groups excluding carboxylic acids is 2. The lowest BCUT2D eigenvalue weighted by Gasteiger charge is -2.34. The summed E-state index contributed by atoms with van der Waals surface area (Å²) in [5.41, 5.74) is 0.722. The Labute approximate surface area is 264 Å². The monoisotopic (exact) mass is 643 g/mol. The highest BCUT2D eigenvalue weighted by molar-refractivity contribution is 7.92. The molecule has 0 aromatic heterocycles. The maximum Gasteiger partial charge on any atom is 0.264 e. The summed E-state index contributed by atoms with van der Waals surface area (Å²) in [6, 6.07) is 16.9. The summed E-state index contributed by atoms with van der Waals surface area (Å²) < 4.78 is 48.3. The van der Waals surface area contributed by atoms with Gasteiger partial charge in [-0.1, -0.05) is 56.0 Å². The van der Waals surface area contributed by atoms with E-state index in [0.717, 1.165) is 48.5 Å². The molecule has 0 spiro atoms. The second-order valence-electron chi connectivity index (χ2n) is 10.8. The van der Waals surface area contributed by atoms with Crippen LogP contribution < -0.4 is 14.4 Å². The van der Waals surface area contributed by atoms with Crippen molar-refractivity contribution >= 4 is 39.1 Å². The maximum absolute atomic E-state index is 14.2. The Hall–Kier alpha value is -3.63. The molecule has 0 saturated heterocycles. The van der Waals surface area contributed by atoms with Crippen molar-refractivity contribution in [3.63, 3.8) is 0 Å². The van der Waals surface area contributed by atoms with Gasteiger partial charge in [-0.2, -0.15) is 0 Å². The molecule has 3 aromatic carbocycles. The lowest BCUT2D eigenvalue weighted by molar-refractivity contribution is -0.140. The lowest BCUT2D eigenvalue weighted by atomic mass is 9.95. The first-order chi connectivity index (χ1) is 21.1. The molecule has 0 heterocycles. The second kappa shape index (κ2) is 15.4. The molecule has 1 atom stereocenters. The van der Waals surface area contributed by atoms with Gasteiger partial charge in [0.25, 0.3) is 10.0 Å². The number of hydrogen-bond acceptors (Lipinski definition) is 5. The number of hydrogen-bond donors (Lipinski definition) is 1. The van der Waals surface area contributed by atoms with Gasteiger partial charge in [0, 0.05) is 17.6 Å². The van der Waals surface area contributed by atoms with Gasteiger partial charge in [-0.25, -0.2) is 12.8 Å². The predicted molar refractivity (Wildman–Crippen MR) is 170 cm³/mol. The van der Waals surface area contributed by atoms with E-state index in [0.29, 0.717) is 29.4 Å².